The molecule has 1 unspecified atom stereocenters. The number of rotatable bonds is 6. The molecular weight excluding hydrogens is 322 g/mol. The van der Waals surface area contributed by atoms with Gasteiger partial charge in [0.2, 0.25) is 5.91 Å². The van der Waals surface area contributed by atoms with Gasteiger partial charge < -0.3 is 14.6 Å². The molecule has 1 N–H and O–H groups in total. The van der Waals surface area contributed by atoms with Crippen LogP contribution in [0.25, 0.3) is 0 Å². The number of carbonyl (C=O) groups is 1. The maximum Gasteiger partial charge on any atom is 0.225 e. The van der Waals surface area contributed by atoms with Gasteiger partial charge in [-0.25, -0.2) is 4.98 Å². The number of nitrogens with zero attached hydrogens (tertiary/aromatic N) is 2. The number of imidazole rings is 1. The SMILES string of the molecule is COc1ccccc1C(NC(=O)Cc1ccsc1)c1nccn1C. The van der Waals surface area contributed by atoms with E-state index < -0.39 is 0 Å². The summed E-state index contributed by atoms with van der Waals surface area (Å²) in [7, 11) is 3.54. The molecule has 3 aromatic rings. The Kier molecular flexibility index (Phi) is 4.96. The Morgan fingerprint density at radius 2 is 2.21 bits per heavy atom. The fourth-order valence-corrected chi connectivity index (χ4v) is 3.30. The molecule has 1 amide bonds. The van der Waals surface area contributed by atoms with Gasteiger partial charge in [0.1, 0.15) is 17.6 Å². The summed E-state index contributed by atoms with van der Waals surface area (Å²) in [4.78, 5) is 16.9. The van der Waals surface area contributed by atoms with Crippen molar-refractivity contribution < 1.29 is 9.53 Å². The van der Waals surface area contributed by atoms with E-state index in [1.807, 2.05) is 58.9 Å². The van der Waals surface area contributed by atoms with E-state index in [9.17, 15) is 4.79 Å². The van der Waals surface area contributed by atoms with Crippen molar-refractivity contribution in [2.45, 2.75) is 12.5 Å². The first-order valence-corrected chi connectivity index (χ1v) is 8.54. The Bertz CT molecular complexity index is 811. The van der Waals surface area contributed by atoms with Gasteiger partial charge in [-0.15, -0.1) is 0 Å². The molecule has 124 valence electrons. The first-order valence-electron chi connectivity index (χ1n) is 7.59. The molecule has 1 atom stereocenters. The molecule has 6 heteroatoms. The van der Waals surface area contributed by atoms with Crippen LogP contribution in [0.3, 0.4) is 0 Å². The van der Waals surface area contributed by atoms with E-state index in [1.54, 1.807) is 24.6 Å². The minimum atomic E-state index is -0.368. The smallest absolute Gasteiger partial charge is 0.225 e. The lowest BCUT2D eigenvalue weighted by Crippen LogP contribution is -2.32. The highest BCUT2D eigenvalue weighted by Gasteiger charge is 2.23. The van der Waals surface area contributed by atoms with E-state index in [0.717, 1.165) is 22.7 Å². The van der Waals surface area contributed by atoms with Crippen molar-refractivity contribution in [2.75, 3.05) is 7.11 Å². The first-order chi connectivity index (χ1) is 11.7. The molecule has 0 saturated heterocycles. The van der Waals surface area contributed by atoms with Crippen LogP contribution in [0.1, 0.15) is 23.0 Å². The molecule has 1 aromatic carbocycles. The highest BCUT2D eigenvalue weighted by Crippen LogP contribution is 2.29. The molecule has 0 radical (unpaired) electrons. The van der Waals surface area contributed by atoms with E-state index in [2.05, 4.69) is 10.3 Å². The fraction of sp³-hybridized carbons (Fsp3) is 0.222. The van der Waals surface area contributed by atoms with Gasteiger partial charge in [-0.05, 0) is 28.5 Å². The number of benzene rings is 1. The van der Waals surface area contributed by atoms with Crippen molar-refractivity contribution in [3.8, 4) is 5.75 Å². The summed E-state index contributed by atoms with van der Waals surface area (Å²) in [6.45, 7) is 0. The standard InChI is InChI=1S/C18H19N3O2S/c1-21-9-8-19-18(21)17(14-5-3-4-6-15(14)23-2)20-16(22)11-13-7-10-24-12-13/h3-10,12,17H,11H2,1-2H3,(H,20,22). The number of nitrogens with one attached hydrogen (secondary N) is 1. The van der Waals surface area contributed by atoms with Crippen LogP contribution < -0.4 is 10.1 Å². The lowest BCUT2D eigenvalue weighted by atomic mass is 10.0. The van der Waals surface area contributed by atoms with E-state index in [-0.39, 0.29) is 11.9 Å². The highest BCUT2D eigenvalue weighted by atomic mass is 32.1. The van der Waals surface area contributed by atoms with Crippen molar-refractivity contribution in [2.24, 2.45) is 7.05 Å². The van der Waals surface area contributed by atoms with Crippen LogP contribution in [0.4, 0.5) is 0 Å². The predicted octanol–water partition coefficient (Wildman–Crippen LogP) is 2.94. The number of para-hydroxylation sites is 1. The van der Waals surface area contributed by atoms with Crippen LogP contribution in [-0.2, 0) is 18.3 Å². The third-order valence-corrected chi connectivity index (χ3v) is 4.55. The Balaban J connectivity index is 1.91. The zero-order valence-electron chi connectivity index (χ0n) is 13.6. The lowest BCUT2D eigenvalue weighted by Gasteiger charge is -2.21. The molecule has 5 nitrogen and oxygen atoms in total. The van der Waals surface area contributed by atoms with Gasteiger partial charge in [0.05, 0.1) is 13.5 Å². The summed E-state index contributed by atoms with van der Waals surface area (Å²) >= 11 is 1.59. The zero-order valence-corrected chi connectivity index (χ0v) is 14.4. The number of carbonyl (C=O) groups excluding carboxylic acids is 1. The maximum absolute atomic E-state index is 12.5. The van der Waals surface area contributed by atoms with E-state index in [4.69, 9.17) is 4.74 Å². The second kappa shape index (κ2) is 7.31. The second-order valence-corrected chi connectivity index (χ2v) is 6.23. The number of aryl methyl sites for hydroxylation is 1. The van der Waals surface area contributed by atoms with Crippen molar-refractivity contribution in [1.29, 1.82) is 0 Å². The molecule has 0 bridgehead atoms. The topological polar surface area (TPSA) is 56.1 Å². The molecule has 0 fully saturated rings. The van der Waals surface area contributed by atoms with E-state index in [1.165, 1.54) is 0 Å². The van der Waals surface area contributed by atoms with Gasteiger partial charge in [-0.1, -0.05) is 18.2 Å². The van der Waals surface area contributed by atoms with Gasteiger partial charge in [0.15, 0.2) is 0 Å². The third kappa shape index (κ3) is 3.49. The zero-order chi connectivity index (χ0) is 16.9. The van der Waals surface area contributed by atoms with Gasteiger partial charge in [-0.3, -0.25) is 4.79 Å². The minimum Gasteiger partial charge on any atom is -0.496 e. The summed E-state index contributed by atoms with van der Waals surface area (Å²) < 4.78 is 7.37. The molecule has 0 saturated carbocycles. The number of methoxy groups -OCH3 is 1. The lowest BCUT2D eigenvalue weighted by molar-refractivity contribution is -0.121. The predicted molar refractivity (Wildman–Crippen MR) is 94.2 cm³/mol. The van der Waals surface area contributed by atoms with Crippen LogP contribution in [-0.4, -0.2) is 22.6 Å². The van der Waals surface area contributed by atoms with E-state index >= 15 is 0 Å². The molecule has 0 aliphatic heterocycles. The Labute approximate surface area is 144 Å². The number of amides is 1. The van der Waals surface area contributed by atoms with Crippen LogP contribution in [0.15, 0.2) is 53.5 Å². The average molecular weight is 341 g/mol. The number of thiophene rings is 1. The fourth-order valence-electron chi connectivity index (χ4n) is 2.63. The van der Waals surface area contributed by atoms with Crippen LogP contribution in [0, 0.1) is 0 Å². The molecular formula is C18H19N3O2S. The van der Waals surface area contributed by atoms with Crippen molar-refractivity contribution in [1.82, 2.24) is 14.9 Å². The van der Waals surface area contributed by atoms with Gasteiger partial charge in [0, 0.05) is 25.0 Å². The molecule has 0 aliphatic carbocycles. The molecule has 3 rings (SSSR count). The highest BCUT2D eigenvalue weighted by molar-refractivity contribution is 7.08. The minimum absolute atomic E-state index is 0.0488. The Morgan fingerprint density at radius 3 is 2.88 bits per heavy atom. The molecule has 24 heavy (non-hydrogen) atoms. The quantitative estimate of drug-likeness (QED) is 0.750. The summed E-state index contributed by atoms with van der Waals surface area (Å²) in [5, 5.41) is 7.05. The van der Waals surface area contributed by atoms with Crippen LogP contribution in [0.2, 0.25) is 0 Å². The number of ether oxygens (including phenoxy) is 1. The average Bonchev–Trinajstić information content (AvgIpc) is 3.24. The summed E-state index contributed by atoms with van der Waals surface area (Å²) in [5.74, 6) is 1.44. The number of hydrogen-bond acceptors (Lipinski definition) is 4. The van der Waals surface area contributed by atoms with Crippen molar-refractivity contribution in [3.63, 3.8) is 0 Å². The number of aromatic nitrogens is 2. The summed E-state index contributed by atoms with van der Waals surface area (Å²) in [6, 6.07) is 9.26. The van der Waals surface area contributed by atoms with E-state index in [0.29, 0.717) is 6.42 Å². The Morgan fingerprint density at radius 1 is 1.38 bits per heavy atom. The Hall–Kier alpha value is -2.60. The monoisotopic (exact) mass is 341 g/mol. The molecule has 2 aromatic heterocycles. The van der Waals surface area contributed by atoms with Crippen LogP contribution >= 0.6 is 11.3 Å². The first kappa shape index (κ1) is 16.3. The largest absolute Gasteiger partial charge is 0.496 e. The van der Waals surface area contributed by atoms with Gasteiger partial charge in [0.25, 0.3) is 0 Å². The normalized spacial score (nSPS) is 11.9. The molecule has 0 spiro atoms. The molecule has 0 aliphatic rings. The van der Waals surface area contributed by atoms with Crippen molar-refractivity contribution in [3.05, 3.63) is 70.4 Å². The second-order valence-electron chi connectivity index (χ2n) is 5.45. The summed E-state index contributed by atoms with van der Waals surface area (Å²) in [6.07, 6.45) is 3.94. The number of hydrogen-bond donors (Lipinski definition) is 1. The maximum atomic E-state index is 12.5. The third-order valence-electron chi connectivity index (χ3n) is 3.82. The van der Waals surface area contributed by atoms with Crippen LogP contribution in [0.5, 0.6) is 5.75 Å². The summed E-state index contributed by atoms with van der Waals surface area (Å²) in [5.41, 5.74) is 1.89. The van der Waals surface area contributed by atoms with Crippen molar-refractivity contribution >= 4 is 17.2 Å². The van der Waals surface area contributed by atoms with Gasteiger partial charge >= 0.3 is 0 Å². The van der Waals surface area contributed by atoms with Gasteiger partial charge in [-0.2, -0.15) is 11.3 Å². The molecule has 2 heterocycles.